The molecule has 0 aliphatic carbocycles. The number of piperazine rings is 1. The fourth-order valence-corrected chi connectivity index (χ4v) is 2.58. The zero-order valence-corrected chi connectivity index (χ0v) is 13.7. The molecule has 1 aromatic rings. The minimum Gasteiger partial charge on any atom is -0.314 e. The van der Waals surface area contributed by atoms with Crippen LogP contribution in [0.5, 0.6) is 0 Å². The molecule has 0 spiro atoms. The minimum absolute atomic E-state index is 0. The number of nitriles is 1. The maximum absolute atomic E-state index is 13.4. The van der Waals surface area contributed by atoms with Crippen molar-refractivity contribution in [2.24, 2.45) is 0 Å². The number of hydrogen-bond acceptors (Lipinski definition) is 3. The average molecular weight is 374 g/mol. The van der Waals surface area contributed by atoms with Crippen LogP contribution in [-0.2, 0) is 6.18 Å². The smallest absolute Gasteiger partial charge is 0.314 e. The maximum Gasteiger partial charge on any atom is 0.416 e. The summed E-state index contributed by atoms with van der Waals surface area (Å²) in [7, 11) is 0. The van der Waals surface area contributed by atoms with Crippen LogP contribution >= 0.6 is 24.8 Å². The molecular formula is C14H17Cl2F4N3. The zero-order chi connectivity index (χ0) is 15.5. The van der Waals surface area contributed by atoms with Gasteiger partial charge >= 0.3 is 6.18 Å². The van der Waals surface area contributed by atoms with Gasteiger partial charge in [0.15, 0.2) is 0 Å². The summed E-state index contributed by atoms with van der Waals surface area (Å²) in [6.07, 6.45) is -4.67. The Morgan fingerprint density at radius 1 is 1.22 bits per heavy atom. The van der Waals surface area contributed by atoms with Crippen molar-refractivity contribution in [3.63, 3.8) is 0 Å². The first-order valence-electron chi connectivity index (χ1n) is 6.62. The molecule has 0 amide bonds. The molecule has 1 aliphatic heterocycles. The molecule has 2 rings (SSSR count). The summed E-state index contributed by atoms with van der Waals surface area (Å²) in [4.78, 5) is 1.80. The molecule has 1 fully saturated rings. The van der Waals surface area contributed by atoms with E-state index in [4.69, 9.17) is 5.26 Å². The first kappa shape index (κ1) is 21.9. The van der Waals surface area contributed by atoms with Gasteiger partial charge in [-0.2, -0.15) is 18.4 Å². The molecule has 0 unspecified atom stereocenters. The molecule has 3 nitrogen and oxygen atoms in total. The zero-order valence-electron chi connectivity index (χ0n) is 12.1. The second kappa shape index (κ2) is 9.28. The fourth-order valence-electron chi connectivity index (χ4n) is 2.58. The van der Waals surface area contributed by atoms with Crippen LogP contribution in [0, 0.1) is 17.1 Å². The lowest BCUT2D eigenvalue weighted by atomic mass is 9.95. The molecule has 1 saturated heterocycles. The normalized spacial score (nSPS) is 16.7. The lowest BCUT2D eigenvalue weighted by Crippen LogP contribution is -2.45. The number of benzene rings is 1. The Morgan fingerprint density at radius 2 is 1.83 bits per heavy atom. The maximum atomic E-state index is 13.4. The molecule has 0 saturated carbocycles. The van der Waals surface area contributed by atoms with Crippen molar-refractivity contribution in [3.05, 3.63) is 35.1 Å². The number of halogens is 6. The van der Waals surface area contributed by atoms with Crippen molar-refractivity contribution in [2.45, 2.75) is 18.6 Å². The van der Waals surface area contributed by atoms with Gasteiger partial charge in [0.1, 0.15) is 5.82 Å². The Labute approximate surface area is 144 Å². The third-order valence-corrected chi connectivity index (χ3v) is 3.56. The van der Waals surface area contributed by atoms with Gasteiger partial charge in [0.05, 0.1) is 18.1 Å². The van der Waals surface area contributed by atoms with Crippen LogP contribution in [-0.4, -0.2) is 31.1 Å². The molecule has 1 atom stereocenters. The van der Waals surface area contributed by atoms with Gasteiger partial charge in [0.2, 0.25) is 0 Å². The highest BCUT2D eigenvalue weighted by Gasteiger charge is 2.37. The van der Waals surface area contributed by atoms with E-state index in [0.717, 1.165) is 18.2 Å². The second-order valence-electron chi connectivity index (χ2n) is 4.89. The van der Waals surface area contributed by atoms with E-state index in [1.165, 1.54) is 0 Å². The fraction of sp³-hybridized carbons (Fsp3) is 0.500. The van der Waals surface area contributed by atoms with E-state index in [9.17, 15) is 17.6 Å². The van der Waals surface area contributed by atoms with Crippen LogP contribution < -0.4 is 5.32 Å². The number of hydrogen-bond donors (Lipinski definition) is 1. The highest BCUT2D eigenvalue weighted by atomic mass is 35.5. The Hall–Kier alpha value is -1.07. The quantitative estimate of drug-likeness (QED) is 0.823. The summed E-state index contributed by atoms with van der Waals surface area (Å²) in [6.45, 7) is 2.33. The third-order valence-electron chi connectivity index (χ3n) is 3.56. The first-order chi connectivity index (χ1) is 9.93. The van der Waals surface area contributed by atoms with Crippen LogP contribution in [0.15, 0.2) is 18.2 Å². The van der Waals surface area contributed by atoms with Gasteiger partial charge in [-0.3, -0.25) is 4.90 Å². The van der Waals surface area contributed by atoms with E-state index < -0.39 is 23.6 Å². The summed E-state index contributed by atoms with van der Waals surface area (Å²) >= 11 is 0. The van der Waals surface area contributed by atoms with Gasteiger partial charge in [-0.25, -0.2) is 4.39 Å². The van der Waals surface area contributed by atoms with Crippen LogP contribution in [0.2, 0.25) is 0 Å². The molecule has 0 radical (unpaired) electrons. The van der Waals surface area contributed by atoms with Gasteiger partial charge in [-0.1, -0.05) is 0 Å². The first-order valence-corrected chi connectivity index (χ1v) is 6.62. The predicted molar refractivity (Wildman–Crippen MR) is 83.3 cm³/mol. The van der Waals surface area contributed by atoms with Crippen molar-refractivity contribution in [2.75, 3.05) is 26.2 Å². The summed E-state index contributed by atoms with van der Waals surface area (Å²) in [6, 6.07) is 3.61. The van der Waals surface area contributed by atoms with E-state index in [2.05, 4.69) is 5.32 Å². The van der Waals surface area contributed by atoms with E-state index in [-0.39, 0.29) is 36.8 Å². The summed E-state index contributed by atoms with van der Waals surface area (Å²) < 4.78 is 52.8. The van der Waals surface area contributed by atoms with Crippen LogP contribution in [0.4, 0.5) is 17.6 Å². The molecule has 0 aromatic heterocycles. The minimum atomic E-state index is -4.56. The SMILES string of the molecule is Cl.Cl.N#CC[C@H](c1cc(F)ccc1C(F)(F)F)N1CCNCC1. The van der Waals surface area contributed by atoms with Crippen molar-refractivity contribution in [1.82, 2.24) is 10.2 Å². The molecule has 1 aromatic carbocycles. The van der Waals surface area contributed by atoms with Gasteiger partial charge < -0.3 is 5.32 Å². The van der Waals surface area contributed by atoms with Crippen molar-refractivity contribution in [1.29, 1.82) is 5.26 Å². The Morgan fingerprint density at radius 3 is 2.35 bits per heavy atom. The van der Waals surface area contributed by atoms with E-state index in [1.54, 1.807) is 4.90 Å². The van der Waals surface area contributed by atoms with Crippen molar-refractivity contribution in [3.8, 4) is 6.07 Å². The third kappa shape index (κ3) is 5.50. The monoisotopic (exact) mass is 373 g/mol. The molecule has 23 heavy (non-hydrogen) atoms. The highest BCUT2D eigenvalue weighted by molar-refractivity contribution is 5.85. The largest absolute Gasteiger partial charge is 0.416 e. The highest BCUT2D eigenvalue weighted by Crippen LogP contribution is 2.37. The molecule has 1 aliphatic rings. The van der Waals surface area contributed by atoms with Gasteiger partial charge in [-0.05, 0) is 23.8 Å². The van der Waals surface area contributed by atoms with Gasteiger partial charge in [0, 0.05) is 32.2 Å². The molecule has 1 heterocycles. The number of nitrogens with zero attached hydrogens (tertiary/aromatic N) is 2. The lowest BCUT2D eigenvalue weighted by Gasteiger charge is -2.35. The van der Waals surface area contributed by atoms with Crippen molar-refractivity contribution < 1.29 is 17.6 Å². The van der Waals surface area contributed by atoms with Gasteiger partial charge in [-0.15, -0.1) is 24.8 Å². The second-order valence-corrected chi connectivity index (χ2v) is 4.89. The molecule has 130 valence electrons. The van der Waals surface area contributed by atoms with Crippen LogP contribution in [0.1, 0.15) is 23.6 Å². The lowest BCUT2D eigenvalue weighted by molar-refractivity contribution is -0.138. The summed E-state index contributed by atoms with van der Waals surface area (Å²) in [5.74, 6) is -0.726. The number of nitrogens with one attached hydrogen (secondary N) is 1. The van der Waals surface area contributed by atoms with E-state index in [0.29, 0.717) is 26.2 Å². The Kier molecular flexibility index (Phi) is 8.85. The summed E-state index contributed by atoms with van der Waals surface area (Å²) in [5.41, 5.74) is -1.03. The van der Waals surface area contributed by atoms with Crippen LogP contribution in [0.25, 0.3) is 0 Å². The van der Waals surface area contributed by atoms with E-state index in [1.807, 2.05) is 6.07 Å². The number of rotatable bonds is 3. The molecule has 0 bridgehead atoms. The number of alkyl halides is 3. The molecule has 9 heteroatoms. The van der Waals surface area contributed by atoms with Crippen molar-refractivity contribution >= 4 is 24.8 Å². The summed E-state index contributed by atoms with van der Waals surface area (Å²) in [5, 5.41) is 12.0. The van der Waals surface area contributed by atoms with Crippen LogP contribution in [0.3, 0.4) is 0 Å². The standard InChI is InChI=1S/C14H15F4N3.2ClH/c15-10-1-2-12(14(16,17)18)11(9-10)13(3-4-19)21-7-5-20-6-8-21;;/h1-2,9,13,20H,3,5-8H2;2*1H/t13-;;/m1../s1. The molecular weight excluding hydrogens is 357 g/mol. The van der Waals surface area contributed by atoms with E-state index >= 15 is 0 Å². The Balaban J connectivity index is 0.00000242. The Bertz CT molecular complexity index is 540. The average Bonchev–Trinajstić information content (AvgIpc) is 2.44. The topological polar surface area (TPSA) is 39.1 Å². The molecule has 1 N–H and O–H groups in total. The predicted octanol–water partition coefficient (Wildman–Crippen LogP) is 3.55. The van der Waals surface area contributed by atoms with Gasteiger partial charge in [0.25, 0.3) is 0 Å².